The van der Waals surface area contributed by atoms with Crippen molar-refractivity contribution in [2.45, 2.75) is 25.8 Å². The van der Waals surface area contributed by atoms with E-state index in [1.54, 1.807) is 0 Å². The van der Waals surface area contributed by atoms with Crippen molar-refractivity contribution in [3.05, 3.63) is 76.4 Å². The fraction of sp³-hybridized carbons (Fsp3) is 0.286. The van der Waals surface area contributed by atoms with E-state index in [4.69, 9.17) is 11.6 Å². The van der Waals surface area contributed by atoms with Gasteiger partial charge in [-0.3, -0.25) is 0 Å². The highest BCUT2D eigenvalue weighted by atomic mass is 35.5. The van der Waals surface area contributed by atoms with Crippen LogP contribution in [-0.2, 0) is 25.8 Å². The van der Waals surface area contributed by atoms with Crippen molar-refractivity contribution in [1.82, 2.24) is 10.4 Å². The Morgan fingerprint density at radius 3 is 2.48 bits per heavy atom. The highest BCUT2D eigenvalue weighted by molar-refractivity contribution is 6.30. The molecule has 1 aliphatic heterocycles. The number of hydrogen-bond acceptors (Lipinski definition) is 1. The molecule has 3 aromatic rings. The Kier molecular flexibility index (Phi) is 4.86. The van der Waals surface area contributed by atoms with Crippen LogP contribution in [0, 0.1) is 0 Å². The lowest BCUT2D eigenvalue weighted by molar-refractivity contribution is -0.755. The SMILES string of the molecule is Clc1ccc(-c2[nH][n+](CCc3ccccc3)c3c2CCNCC3)cc1. The van der Waals surface area contributed by atoms with Crippen LogP contribution in [0.1, 0.15) is 16.8 Å². The van der Waals surface area contributed by atoms with Gasteiger partial charge in [0.05, 0.1) is 5.56 Å². The summed E-state index contributed by atoms with van der Waals surface area (Å²) in [6.07, 6.45) is 3.16. The quantitative estimate of drug-likeness (QED) is 0.691. The molecule has 0 unspecified atom stereocenters. The Morgan fingerprint density at radius 2 is 1.68 bits per heavy atom. The number of H-pyrrole nitrogens is 1. The Hall–Kier alpha value is -2.10. The standard InChI is InChI=1S/C21H22ClN3/c22-18-8-6-17(7-9-18)21-19-10-13-23-14-11-20(19)25(24-21)15-12-16-4-2-1-3-5-16/h1-9,23H,10-15H2/p+1. The molecule has 0 fully saturated rings. The molecule has 0 atom stereocenters. The van der Waals surface area contributed by atoms with Crippen LogP contribution < -0.4 is 10.00 Å². The number of rotatable bonds is 4. The maximum absolute atomic E-state index is 6.07. The number of hydrogen-bond donors (Lipinski definition) is 2. The van der Waals surface area contributed by atoms with Crippen LogP contribution in [0.15, 0.2) is 54.6 Å². The van der Waals surface area contributed by atoms with E-state index in [0.29, 0.717) is 0 Å². The predicted molar refractivity (Wildman–Crippen MR) is 102 cm³/mol. The predicted octanol–water partition coefficient (Wildman–Crippen LogP) is 3.55. The second-order valence-corrected chi connectivity index (χ2v) is 6.99. The minimum Gasteiger partial charge on any atom is -0.316 e. The molecule has 2 heterocycles. The highest BCUT2D eigenvalue weighted by Crippen LogP contribution is 2.26. The van der Waals surface area contributed by atoms with E-state index in [2.05, 4.69) is 57.6 Å². The topological polar surface area (TPSA) is 31.7 Å². The van der Waals surface area contributed by atoms with E-state index >= 15 is 0 Å². The van der Waals surface area contributed by atoms with Gasteiger partial charge in [0.2, 0.25) is 5.69 Å². The number of aryl methyl sites for hydroxylation is 2. The molecule has 3 nitrogen and oxygen atoms in total. The summed E-state index contributed by atoms with van der Waals surface area (Å²) in [6.45, 7) is 3.04. The van der Waals surface area contributed by atoms with E-state index in [1.807, 2.05) is 12.1 Å². The maximum Gasteiger partial charge on any atom is 0.212 e. The summed E-state index contributed by atoms with van der Waals surface area (Å²) in [6, 6.07) is 18.8. The third kappa shape index (κ3) is 3.63. The molecule has 0 bridgehead atoms. The number of nitrogens with one attached hydrogen (secondary N) is 2. The summed E-state index contributed by atoms with van der Waals surface area (Å²) in [4.78, 5) is 0. The van der Waals surface area contributed by atoms with Crippen molar-refractivity contribution in [1.29, 1.82) is 0 Å². The van der Waals surface area contributed by atoms with Gasteiger partial charge in [0.1, 0.15) is 5.69 Å². The largest absolute Gasteiger partial charge is 0.316 e. The summed E-state index contributed by atoms with van der Waals surface area (Å²) in [7, 11) is 0. The van der Waals surface area contributed by atoms with Gasteiger partial charge < -0.3 is 5.32 Å². The Balaban J connectivity index is 1.68. The number of benzene rings is 2. The molecule has 25 heavy (non-hydrogen) atoms. The molecule has 4 rings (SSSR count). The van der Waals surface area contributed by atoms with E-state index in [0.717, 1.165) is 43.9 Å². The molecule has 0 aliphatic carbocycles. The summed E-state index contributed by atoms with van der Waals surface area (Å²) in [5.41, 5.74) is 6.70. The number of halogens is 1. The summed E-state index contributed by atoms with van der Waals surface area (Å²) < 4.78 is 2.35. The van der Waals surface area contributed by atoms with Crippen molar-refractivity contribution in [3.63, 3.8) is 0 Å². The average molecular weight is 353 g/mol. The number of aromatic nitrogens is 2. The summed E-state index contributed by atoms with van der Waals surface area (Å²) in [5, 5.41) is 7.97. The zero-order valence-corrected chi connectivity index (χ0v) is 15.0. The molecule has 0 radical (unpaired) electrons. The van der Waals surface area contributed by atoms with E-state index in [-0.39, 0.29) is 0 Å². The number of nitrogens with zero attached hydrogens (tertiary/aromatic N) is 1. The molecule has 2 N–H and O–H groups in total. The normalized spacial score (nSPS) is 14.1. The van der Waals surface area contributed by atoms with Gasteiger partial charge in [0.15, 0.2) is 6.54 Å². The van der Waals surface area contributed by atoms with Crippen molar-refractivity contribution in [2.24, 2.45) is 0 Å². The van der Waals surface area contributed by atoms with Gasteiger partial charge in [-0.15, -0.1) is 4.68 Å². The molecular formula is C21H23ClN3+. The first-order chi connectivity index (χ1) is 12.3. The molecular weight excluding hydrogens is 330 g/mol. The van der Waals surface area contributed by atoms with Crippen molar-refractivity contribution in [3.8, 4) is 11.3 Å². The van der Waals surface area contributed by atoms with Crippen LogP contribution in [0.25, 0.3) is 11.3 Å². The fourth-order valence-electron chi connectivity index (χ4n) is 3.61. The Labute approximate surface area is 153 Å². The van der Waals surface area contributed by atoms with Crippen molar-refractivity contribution in [2.75, 3.05) is 13.1 Å². The van der Waals surface area contributed by atoms with Crippen molar-refractivity contribution >= 4 is 11.6 Å². The average Bonchev–Trinajstić information content (AvgIpc) is 2.82. The monoisotopic (exact) mass is 352 g/mol. The molecule has 0 spiro atoms. The number of aromatic amines is 1. The van der Waals surface area contributed by atoms with Gasteiger partial charge >= 0.3 is 0 Å². The van der Waals surface area contributed by atoms with Gasteiger partial charge in [0, 0.05) is 30.0 Å². The second-order valence-electron chi connectivity index (χ2n) is 6.56. The minimum absolute atomic E-state index is 0.778. The molecule has 0 saturated carbocycles. The first kappa shape index (κ1) is 16.4. The van der Waals surface area contributed by atoms with E-state index in [1.165, 1.54) is 28.1 Å². The van der Waals surface area contributed by atoms with Gasteiger partial charge in [0.25, 0.3) is 0 Å². The Bertz CT molecular complexity index is 838. The lowest BCUT2D eigenvalue weighted by atomic mass is 10.0. The molecule has 2 aromatic carbocycles. The van der Waals surface area contributed by atoms with Crippen LogP contribution in [0.4, 0.5) is 0 Å². The zero-order chi connectivity index (χ0) is 17.1. The van der Waals surface area contributed by atoms with Crippen LogP contribution in [0.3, 0.4) is 0 Å². The van der Waals surface area contributed by atoms with E-state index in [9.17, 15) is 0 Å². The lowest BCUT2D eigenvalue weighted by Gasteiger charge is -2.01. The Morgan fingerprint density at radius 1 is 0.920 bits per heavy atom. The zero-order valence-electron chi connectivity index (χ0n) is 14.3. The van der Waals surface area contributed by atoms with Gasteiger partial charge in [-0.1, -0.05) is 54.1 Å². The van der Waals surface area contributed by atoms with Crippen molar-refractivity contribution < 1.29 is 4.68 Å². The molecule has 0 saturated heterocycles. The molecule has 4 heteroatoms. The molecule has 1 aromatic heterocycles. The third-order valence-electron chi connectivity index (χ3n) is 4.91. The van der Waals surface area contributed by atoms with Crippen LogP contribution in [-0.4, -0.2) is 18.2 Å². The van der Waals surface area contributed by atoms with Crippen LogP contribution >= 0.6 is 11.6 Å². The smallest absolute Gasteiger partial charge is 0.212 e. The van der Waals surface area contributed by atoms with Crippen LogP contribution in [0.5, 0.6) is 0 Å². The summed E-state index contributed by atoms with van der Waals surface area (Å²) >= 11 is 6.07. The first-order valence-corrected chi connectivity index (χ1v) is 9.33. The summed E-state index contributed by atoms with van der Waals surface area (Å²) in [5.74, 6) is 0. The second kappa shape index (κ2) is 7.42. The van der Waals surface area contributed by atoms with Crippen LogP contribution in [0.2, 0.25) is 5.02 Å². The van der Waals surface area contributed by atoms with E-state index < -0.39 is 0 Å². The van der Waals surface area contributed by atoms with Gasteiger partial charge in [-0.05, 0) is 30.7 Å². The third-order valence-corrected chi connectivity index (χ3v) is 5.16. The van der Waals surface area contributed by atoms with Gasteiger partial charge in [-0.2, -0.15) is 5.10 Å². The molecule has 128 valence electrons. The number of fused-ring (bicyclic) bond motifs is 1. The highest BCUT2D eigenvalue weighted by Gasteiger charge is 2.26. The molecule has 1 aliphatic rings. The minimum atomic E-state index is 0.778. The van der Waals surface area contributed by atoms with Gasteiger partial charge in [-0.25, -0.2) is 0 Å². The lowest BCUT2D eigenvalue weighted by Crippen LogP contribution is -2.41. The molecule has 0 amide bonds. The fourth-order valence-corrected chi connectivity index (χ4v) is 3.74. The first-order valence-electron chi connectivity index (χ1n) is 8.95. The maximum atomic E-state index is 6.07.